The minimum atomic E-state index is -0.769. The summed E-state index contributed by atoms with van der Waals surface area (Å²) in [5, 5.41) is 2.59. The van der Waals surface area contributed by atoms with Gasteiger partial charge in [0.15, 0.2) is 6.61 Å². The largest absolute Gasteiger partial charge is 0.497 e. The quantitative estimate of drug-likeness (QED) is 0.582. The molecule has 0 radical (unpaired) electrons. The number of fused-ring (bicyclic) bond motifs is 5. The van der Waals surface area contributed by atoms with Crippen LogP contribution >= 0.6 is 0 Å². The Balaban J connectivity index is 1.28. The second kappa shape index (κ2) is 7.26. The van der Waals surface area contributed by atoms with Gasteiger partial charge < -0.3 is 14.8 Å². The number of likely N-dealkylation sites (tertiary alicyclic amines) is 1. The summed E-state index contributed by atoms with van der Waals surface area (Å²) in [4.78, 5) is 50.2. The van der Waals surface area contributed by atoms with Gasteiger partial charge in [-0.05, 0) is 43.2 Å². The van der Waals surface area contributed by atoms with Crippen molar-refractivity contribution in [2.75, 3.05) is 25.6 Å². The fourth-order valence-electron chi connectivity index (χ4n) is 4.84. The maximum absolute atomic E-state index is 12.6. The third-order valence-electron chi connectivity index (χ3n) is 6.02. The van der Waals surface area contributed by atoms with Gasteiger partial charge in [0.2, 0.25) is 11.8 Å². The van der Waals surface area contributed by atoms with E-state index < -0.39 is 25.0 Å². The van der Waals surface area contributed by atoms with Crippen LogP contribution in [-0.2, 0) is 23.9 Å². The first-order valence-electron chi connectivity index (χ1n) is 9.42. The second-order valence-electron chi connectivity index (χ2n) is 7.59. The molecule has 1 aromatic rings. The van der Waals surface area contributed by atoms with Crippen LogP contribution in [0.2, 0.25) is 0 Å². The first-order chi connectivity index (χ1) is 13.5. The average Bonchev–Trinajstić information content (AvgIpc) is 3.36. The maximum atomic E-state index is 12.6. The summed E-state index contributed by atoms with van der Waals surface area (Å²) in [5.74, 6) is -1.24. The van der Waals surface area contributed by atoms with E-state index in [4.69, 9.17) is 9.47 Å². The van der Waals surface area contributed by atoms with E-state index in [0.717, 1.165) is 24.2 Å². The summed E-state index contributed by atoms with van der Waals surface area (Å²) in [6.45, 7) is -0.930. The molecule has 2 bridgehead atoms. The molecule has 1 aromatic carbocycles. The summed E-state index contributed by atoms with van der Waals surface area (Å²) in [6, 6.07) is 6.77. The Labute approximate surface area is 162 Å². The highest BCUT2D eigenvalue weighted by molar-refractivity contribution is 6.07. The van der Waals surface area contributed by atoms with Crippen molar-refractivity contribution in [2.24, 2.45) is 23.7 Å². The van der Waals surface area contributed by atoms with Crippen LogP contribution < -0.4 is 10.1 Å². The third kappa shape index (κ3) is 3.23. The Bertz CT molecular complexity index is 810. The smallest absolute Gasteiger partial charge is 0.326 e. The van der Waals surface area contributed by atoms with Crippen LogP contribution in [0.25, 0.3) is 0 Å². The van der Waals surface area contributed by atoms with Crippen LogP contribution in [0, 0.1) is 23.7 Å². The van der Waals surface area contributed by atoms with Gasteiger partial charge >= 0.3 is 5.97 Å². The lowest BCUT2D eigenvalue weighted by Crippen LogP contribution is -2.38. The number of esters is 1. The molecule has 1 aliphatic heterocycles. The fourth-order valence-corrected chi connectivity index (χ4v) is 4.84. The van der Waals surface area contributed by atoms with Crippen LogP contribution in [0.4, 0.5) is 5.69 Å². The molecule has 8 heteroatoms. The van der Waals surface area contributed by atoms with E-state index in [2.05, 4.69) is 5.32 Å². The number of rotatable bonds is 6. The lowest BCUT2D eigenvalue weighted by Gasteiger charge is -2.19. The van der Waals surface area contributed by atoms with Gasteiger partial charge in [0.1, 0.15) is 12.3 Å². The number of hydrogen-bond acceptors (Lipinski definition) is 6. The number of imide groups is 1. The van der Waals surface area contributed by atoms with Gasteiger partial charge in [0.05, 0.1) is 18.9 Å². The van der Waals surface area contributed by atoms with Gasteiger partial charge in [-0.25, -0.2) is 0 Å². The van der Waals surface area contributed by atoms with Crippen LogP contribution in [0.3, 0.4) is 0 Å². The highest BCUT2D eigenvalue weighted by Crippen LogP contribution is 2.56. The molecule has 0 aromatic heterocycles. The van der Waals surface area contributed by atoms with Gasteiger partial charge in [-0.1, -0.05) is 6.07 Å². The molecule has 4 rings (SSSR count). The fraction of sp³-hybridized carbons (Fsp3) is 0.500. The predicted octanol–water partition coefficient (Wildman–Crippen LogP) is 1.21. The molecule has 1 N–H and O–H groups in total. The Kier molecular flexibility index (Phi) is 4.78. The molecule has 28 heavy (non-hydrogen) atoms. The van der Waals surface area contributed by atoms with Crippen molar-refractivity contribution in [1.82, 2.24) is 4.90 Å². The first kappa shape index (κ1) is 18.5. The Morgan fingerprint density at radius 3 is 2.46 bits per heavy atom. The molecule has 0 unspecified atom stereocenters. The zero-order valence-electron chi connectivity index (χ0n) is 15.6. The van der Waals surface area contributed by atoms with Crippen molar-refractivity contribution >= 4 is 29.4 Å². The first-order valence-corrected chi connectivity index (χ1v) is 9.42. The molecule has 0 spiro atoms. The molecule has 1 heterocycles. The highest BCUT2D eigenvalue weighted by atomic mass is 16.5. The zero-order valence-corrected chi connectivity index (χ0v) is 15.6. The summed E-state index contributed by atoms with van der Waals surface area (Å²) in [5.41, 5.74) is 0.508. The van der Waals surface area contributed by atoms with Crippen molar-refractivity contribution < 1.29 is 28.7 Å². The lowest BCUT2D eigenvalue weighted by molar-refractivity contribution is -0.154. The SMILES string of the molecule is COc1cccc(NC(=O)COC(=O)CN2C(=O)[C@@H]3[C@@H]4CC[C@@H](C4)[C@@H]3C2=O)c1. The summed E-state index contributed by atoms with van der Waals surface area (Å²) in [6.07, 6.45) is 2.90. The Hall–Kier alpha value is -2.90. The van der Waals surface area contributed by atoms with Crippen molar-refractivity contribution in [1.29, 1.82) is 0 Å². The standard InChI is InChI=1S/C20H22N2O6/c1-27-14-4-2-3-13(8-14)21-15(23)10-28-16(24)9-22-19(25)17-11-5-6-12(7-11)18(17)20(22)26/h2-4,8,11-12,17-18H,5-7,9-10H2,1H3,(H,21,23)/t11-,12+,17-,18+. The number of methoxy groups -OCH3 is 1. The van der Waals surface area contributed by atoms with Crippen molar-refractivity contribution in [3.8, 4) is 5.75 Å². The number of hydrogen-bond donors (Lipinski definition) is 1. The van der Waals surface area contributed by atoms with Crippen molar-refractivity contribution in [3.05, 3.63) is 24.3 Å². The summed E-state index contributed by atoms with van der Waals surface area (Å²) in [7, 11) is 1.52. The topological polar surface area (TPSA) is 102 Å². The lowest BCUT2D eigenvalue weighted by atomic mass is 9.81. The zero-order chi connectivity index (χ0) is 19.8. The molecule has 4 atom stereocenters. The molecule has 2 saturated carbocycles. The van der Waals surface area contributed by atoms with Gasteiger partial charge in [0.25, 0.3) is 5.91 Å². The van der Waals surface area contributed by atoms with Gasteiger partial charge in [-0.3, -0.25) is 24.1 Å². The normalized spacial score (nSPS) is 27.7. The number of nitrogens with zero attached hydrogens (tertiary/aromatic N) is 1. The predicted molar refractivity (Wildman–Crippen MR) is 97.1 cm³/mol. The average molecular weight is 386 g/mol. The van der Waals surface area contributed by atoms with Crippen LogP contribution in [-0.4, -0.2) is 48.9 Å². The van der Waals surface area contributed by atoms with E-state index in [0.29, 0.717) is 11.4 Å². The van der Waals surface area contributed by atoms with Gasteiger partial charge in [-0.2, -0.15) is 0 Å². The summed E-state index contributed by atoms with van der Waals surface area (Å²) >= 11 is 0. The summed E-state index contributed by atoms with van der Waals surface area (Å²) < 4.78 is 10.0. The number of nitrogens with one attached hydrogen (secondary N) is 1. The minimum absolute atomic E-state index is 0.264. The molecule has 3 aliphatic rings. The molecule has 3 fully saturated rings. The van der Waals surface area contributed by atoms with E-state index in [1.807, 2.05) is 0 Å². The van der Waals surface area contributed by atoms with E-state index in [1.54, 1.807) is 24.3 Å². The molecule has 3 amide bonds. The number of ether oxygens (including phenoxy) is 2. The third-order valence-corrected chi connectivity index (χ3v) is 6.02. The molecule has 8 nitrogen and oxygen atoms in total. The maximum Gasteiger partial charge on any atom is 0.326 e. The van der Waals surface area contributed by atoms with E-state index in [9.17, 15) is 19.2 Å². The van der Waals surface area contributed by atoms with Gasteiger partial charge in [-0.15, -0.1) is 0 Å². The van der Waals surface area contributed by atoms with E-state index in [-0.39, 0.29) is 35.5 Å². The molecular weight excluding hydrogens is 364 g/mol. The molecule has 1 saturated heterocycles. The number of carbonyl (C=O) groups excluding carboxylic acids is 4. The number of amides is 3. The van der Waals surface area contributed by atoms with E-state index in [1.165, 1.54) is 7.11 Å². The van der Waals surface area contributed by atoms with Gasteiger partial charge in [0, 0.05) is 11.8 Å². The van der Waals surface area contributed by atoms with Crippen LogP contribution in [0.15, 0.2) is 24.3 Å². The van der Waals surface area contributed by atoms with Crippen molar-refractivity contribution in [2.45, 2.75) is 19.3 Å². The Morgan fingerprint density at radius 2 is 1.82 bits per heavy atom. The number of benzene rings is 1. The molecular formula is C20H22N2O6. The highest BCUT2D eigenvalue weighted by Gasteiger charge is 2.61. The minimum Gasteiger partial charge on any atom is -0.497 e. The molecule has 148 valence electrons. The monoisotopic (exact) mass is 386 g/mol. The number of anilines is 1. The van der Waals surface area contributed by atoms with Crippen LogP contribution in [0.1, 0.15) is 19.3 Å². The molecule has 2 aliphatic carbocycles. The van der Waals surface area contributed by atoms with Crippen molar-refractivity contribution in [3.63, 3.8) is 0 Å². The Morgan fingerprint density at radius 1 is 1.14 bits per heavy atom. The second-order valence-corrected chi connectivity index (χ2v) is 7.59. The van der Waals surface area contributed by atoms with E-state index >= 15 is 0 Å². The van der Waals surface area contributed by atoms with Crippen LogP contribution in [0.5, 0.6) is 5.75 Å². The number of carbonyl (C=O) groups is 4.